The zero-order valence-corrected chi connectivity index (χ0v) is 14.9. The molecule has 2 N–H and O–H groups in total. The second-order valence-corrected chi connectivity index (χ2v) is 6.27. The summed E-state index contributed by atoms with van der Waals surface area (Å²) in [6.45, 7) is 3.40. The Labute approximate surface area is 151 Å². The Balaban J connectivity index is 0.000000758. The van der Waals surface area contributed by atoms with Crippen LogP contribution in [0.5, 0.6) is 0 Å². The third-order valence-corrected chi connectivity index (χ3v) is 4.48. The normalized spacial score (nSPS) is 14.2. The van der Waals surface area contributed by atoms with Crippen LogP contribution in [-0.4, -0.2) is 27.7 Å². The number of aromatic nitrogens is 1. The van der Waals surface area contributed by atoms with Gasteiger partial charge in [-0.15, -0.1) is 0 Å². The van der Waals surface area contributed by atoms with Crippen LogP contribution in [0, 0.1) is 24.0 Å². The first-order chi connectivity index (χ1) is 12.5. The summed E-state index contributed by atoms with van der Waals surface area (Å²) >= 11 is 0. The second-order valence-electron chi connectivity index (χ2n) is 6.27. The molecule has 1 saturated carbocycles. The van der Waals surface area contributed by atoms with E-state index in [0.29, 0.717) is 17.5 Å². The number of nitrogens with one attached hydrogen (secondary N) is 1. The Morgan fingerprint density at radius 2 is 1.96 bits per heavy atom. The fourth-order valence-electron chi connectivity index (χ4n) is 3.32. The molecular weight excluding hydrogens is 338 g/mol. The number of carbonyl (C=O) groups is 1. The van der Waals surface area contributed by atoms with Gasteiger partial charge in [-0.05, 0) is 38.3 Å². The van der Waals surface area contributed by atoms with E-state index < -0.39 is 0 Å². The lowest BCUT2D eigenvalue weighted by atomic mass is 9.95. The molecule has 0 atom stereocenters. The topological polar surface area (TPSA) is 119 Å². The minimum atomic E-state index is -0.327. The maximum atomic E-state index is 11.5. The van der Waals surface area contributed by atoms with Gasteiger partial charge in [-0.1, -0.05) is 30.5 Å². The van der Waals surface area contributed by atoms with Crippen molar-refractivity contribution in [1.29, 1.82) is 0 Å². The molecule has 1 aliphatic rings. The van der Waals surface area contributed by atoms with E-state index >= 15 is 0 Å². The van der Waals surface area contributed by atoms with Gasteiger partial charge in [0.2, 0.25) is 0 Å². The van der Waals surface area contributed by atoms with Crippen LogP contribution in [0.3, 0.4) is 0 Å². The first-order valence-electron chi connectivity index (χ1n) is 8.54. The SMILES string of the molecule is Cc1noc(C)c1-c1ccc(NC2CCCCC2)c([N+](=O)[O-])c1.O=CO. The monoisotopic (exact) mass is 361 g/mol. The van der Waals surface area contributed by atoms with Gasteiger partial charge in [0.05, 0.1) is 10.6 Å². The van der Waals surface area contributed by atoms with E-state index in [1.807, 2.05) is 19.9 Å². The molecule has 0 radical (unpaired) electrons. The molecule has 2 aromatic rings. The van der Waals surface area contributed by atoms with Crippen molar-refractivity contribution < 1.29 is 19.3 Å². The molecule has 0 spiro atoms. The maximum Gasteiger partial charge on any atom is 0.292 e. The molecule has 8 heteroatoms. The Morgan fingerprint density at radius 3 is 2.50 bits per heavy atom. The molecule has 1 aliphatic carbocycles. The van der Waals surface area contributed by atoms with Crippen LogP contribution in [0.4, 0.5) is 11.4 Å². The van der Waals surface area contributed by atoms with Crippen LogP contribution in [0.1, 0.15) is 43.6 Å². The van der Waals surface area contributed by atoms with Crippen LogP contribution in [0.25, 0.3) is 11.1 Å². The average Bonchev–Trinajstić information content (AvgIpc) is 2.95. The van der Waals surface area contributed by atoms with Crippen molar-refractivity contribution in [3.05, 3.63) is 39.8 Å². The van der Waals surface area contributed by atoms with Crippen molar-refractivity contribution in [2.24, 2.45) is 0 Å². The van der Waals surface area contributed by atoms with Gasteiger partial charge in [0, 0.05) is 17.7 Å². The first kappa shape index (κ1) is 19.4. The number of nitro groups is 1. The Morgan fingerprint density at radius 1 is 1.31 bits per heavy atom. The quantitative estimate of drug-likeness (QED) is 0.473. The van der Waals surface area contributed by atoms with Gasteiger partial charge < -0.3 is 14.9 Å². The van der Waals surface area contributed by atoms with Gasteiger partial charge in [0.1, 0.15) is 11.4 Å². The van der Waals surface area contributed by atoms with E-state index in [9.17, 15) is 10.1 Å². The maximum absolute atomic E-state index is 11.5. The van der Waals surface area contributed by atoms with E-state index in [0.717, 1.165) is 29.7 Å². The highest BCUT2D eigenvalue weighted by molar-refractivity contribution is 5.75. The number of nitro benzene ring substituents is 1. The van der Waals surface area contributed by atoms with E-state index in [1.165, 1.54) is 19.3 Å². The molecule has 3 rings (SSSR count). The Hall–Kier alpha value is -2.90. The third-order valence-electron chi connectivity index (χ3n) is 4.48. The van der Waals surface area contributed by atoms with Gasteiger partial charge in [0.15, 0.2) is 0 Å². The molecule has 26 heavy (non-hydrogen) atoms. The van der Waals surface area contributed by atoms with Crippen molar-refractivity contribution >= 4 is 17.8 Å². The summed E-state index contributed by atoms with van der Waals surface area (Å²) in [5.41, 5.74) is 3.04. The summed E-state index contributed by atoms with van der Waals surface area (Å²) in [5.74, 6) is 0.671. The van der Waals surface area contributed by atoms with Crippen molar-refractivity contribution in [1.82, 2.24) is 5.16 Å². The summed E-state index contributed by atoms with van der Waals surface area (Å²) in [6.07, 6.45) is 5.77. The highest BCUT2D eigenvalue weighted by atomic mass is 16.6. The predicted octanol–water partition coefficient (Wildman–Crippen LogP) is 4.31. The standard InChI is InChI=1S/C17H21N3O3.CH2O2/c1-11-17(12(2)23-19-11)13-8-9-15(16(10-13)20(21)22)18-14-6-4-3-5-7-14;2-1-3/h8-10,14,18H,3-7H2,1-2H3;1H,(H,2,3). The number of benzene rings is 1. The molecule has 1 aromatic carbocycles. The second kappa shape index (κ2) is 8.98. The molecule has 1 aromatic heterocycles. The van der Waals surface area contributed by atoms with Gasteiger partial charge in [-0.25, -0.2) is 0 Å². The van der Waals surface area contributed by atoms with Crippen molar-refractivity contribution in [3.8, 4) is 11.1 Å². The molecule has 0 aliphatic heterocycles. The molecule has 0 saturated heterocycles. The largest absolute Gasteiger partial charge is 0.483 e. The zero-order valence-electron chi connectivity index (χ0n) is 14.9. The molecule has 1 heterocycles. The molecule has 0 bridgehead atoms. The summed E-state index contributed by atoms with van der Waals surface area (Å²) < 4.78 is 5.17. The molecule has 140 valence electrons. The zero-order chi connectivity index (χ0) is 19.1. The molecular formula is C18H23N3O5. The van der Waals surface area contributed by atoms with Crippen LogP contribution < -0.4 is 5.32 Å². The average molecular weight is 361 g/mol. The highest BCUT2D eigenvalue weighted by Crippen LogP contribution is 2.35. The van der Waals surface area contributed by atoms with E-state index in [2.05, 4.69) is 10.5 Å². The van der Waals surface area contributed by atoms with Crippen LogP contribution in [0.15, 0.2) is 22.7 Å². The Bertz CT molecular complexity index is 747. The van der Waals surface area contributed by atoms with E-state index in [4.69, 9.17) is 14.4 Å². The molecule has 1 fully saturated rings. The number of nitrogens with zero attached hydrogens (tertiary/aromatic N) is 2. The number of rotatable bonds is 4. The van der Waals surface area contributed by atoms with Gasteiger partial charge in [0.25, 0.3) is 12.2 Å². The van der Waals surface area contributed by atoms with E-state index in [-0.39, 0.29) is 17.1 Å². The third kappa shape index (κ3) is 4.59. The van der Waals surface area contributed by atoms with Gasteiger partial charge in [-0.3, -0.25) is 14.9 Å². The lowest BCUT2D eigenvalue weighted by Crippen LogP contribution is -2.22. The minimum absolute atomic E-state index is 0.105. The van der Waals surface area contributed by atoms with Gasteiger partial charge in [-0.2, -0.15) is 0 Å². The van der Waals surface area contributed by atoms with Gasteiger partial charge >= 0.3 is 0 Å². The number of carboxylic acid groups (broad SMARTS) is 1. The lowest BCUT2D eigenvalue weighted by Gasteiger charge is -2.23. The minimum Gasteiger partial charge on any atom is -0.483 e. The van der Waals surface area contributed by atoms with Crippen LogP contribution >= 0.6 is 0 Å². The van der Waals surface area contributed by atoms with E-state index in [1.54, 1.807) is 12.1 Å². The van der Waals surface area contributed by atoms with Crippen LogP contribution in [0.2, 0.25) is 0 Å². The van der Waals surface area contributed by atoms with Crippen molar-refractivity contribution in [3.63, 3.8) is 0 Å². The number of hydrogen-bond donors (Lipinski definition) is 2. The fourth-order valence-corrected chi connectivity index (χ4v) is 3.32. The summed E-state index contributed by atoms with van der Waals surface area (Å²) in [6, 6.07) is 5.63. The smallest absolute Gasteiger partial charge is 0.292 e. The number of aryl methyl sites for hydroxylation is 2. The fraction of sp³-hybridized carbons (Fsp3) is 0.444. The van der Waals surface area contributed by atoms with Crippen molar-refractivity contribution in [2.45, 2.75) is 52.0 Å². The lowest BCUT2D eigenvalue weighted by molar-refractivity contribution is -0.383. The molecule has 0 amide bonds. The first-order valence-corrected chi connectivity index (χ1v) is 8.54. The van der Waals surface area contributed by atoms with Crippen molar-refractivity contribution in [2.75, 3.05) is 5.32 Å². The number of hydrogen-bond acceptors (Lipinski definition) is 6. The predicted molar refractivity (Wildman–Crippen MR) is 97.3 cm³/mol. The summed E-state index contributed by atoms with van der Waals surface area (Å²) in [7, 11) is 0. The Kier molecular flexibility index (Phi) is 6.71. The number of anilines is 1. The highest BCUT2D eigenvalue weighted by Gasteiger charge is 2.21. The summed E-state index contributed by atoms with van der Waals surface area (Å²) in [5, 5.41) is 25.6. The molecule has 0 unspecified atom stereocenters. The molecule has 8 nitrogen and oxygen atoms in total. The van der Waals surface area contributed by atoms with Crippen LogP contribution in [-0.2, 0) is 4.79 Å². The summed E-state index contributed by atoms with van der Waals surface area (Å²) in [4.78, 5) is 19.5.